The van der Waals surface area contributed by atoms with Crippen molar-refractivity contribution in [2.75, 3.05) is 6.54 Å². The van der Waals surface area contributed by atoms with Crippen LogP contribution in [0, 0.1) is 11.6 Å². The molecule has 0 bridgehead atoms. The second kappa shape index (κ2) is 6.66. The number of benzene rings is 2. The molecule has 0 fully saturated rings. The zero-order chi connectivity index (χ0) is 14.7. The van der Waals surface area contributed by atoms with Gasteiger partial charge in [0.25, 0.3) is 0 Å². The van der Waals surface area contributed by atoms with Gasteiger partial charge in [0.05, 0.1) is 11.1 Å². The Bertz CT molecular complexity index is 567. The first kappa shape index (κ1) is 15.4. The Morgan fingerprint density at radius 2 is 1.75 bits per heavy atom. The minimum Gasteiger partial charge on any atom is -0.307 e. The van der Waals surface area contributed by atoms with Gasteiger partial charge in [-0.1, -0.05) is 30.7 Å². The SMILES string of the molecule is CCNC(c1ccc(F)c(F)c1)c1ccc(Br)c(Cl)c1. The van der Waals surface area contributed by atoms with Gasteiger partial charge in [-0.2, -0.15) is 0 Å². The Morgan fingerprint density at radius 1 is 1.10 bits per heavy atom. The van der Waals surface area contributed by atoms with Crippen LogP contribution in [0.3, 0.4) is 0 Å². The molecule has 0 aliphatic heterocycles. The fraction of sp³-hybridized carbons (Fsp3) is 0.200. The zero-order valence-electron chi connectivity index (χ0n) is 10.8. The molecule has 1 nitrogen and oxygen atoms in total. The van der Waals surface area contributed by atoms with E-state index in [9.17, 15) is 8.78 Å². The predicted molar refractivity (Wildman–Crippen MR) is 81.0 cm³/mol. The van der Waals surface area contributed by atoms with E-state index in [1.54, 1.807) is 12.1 Å². The van der Waals surface area contributed by atoms with Crippen LogP contribution in [0.2, 0.25) is 5.02 Å². The summed E-state index contributed by atoms with van der Waals surface area (Å²) in [6.07, 6.45) is 0. The summed E-state index contributed by atoms with van der Waals surface area (Å²) < 4.78 is 27.2. The Labute approximate surface area is 130 Å². The van der Waals surface area contributed by atoms with Gasteiger partial charge in [-0.3, -0.25) is 0 Å². The Hall–Kier alpha value is -0.970. The molecule has 0 aliphatic carbocycles. The maximum Gasteiger partial charge on any atom is 0.159 e. The van der Waals surface area contributed by atoms with Crippen molar-refractivity contribution in [3.05, 3.63) is 68.7 Å². The third-order valence-corrected chi connectivity index (χ3v) is 4.19. The Balaban J connectivity index is 2.44. The standard InChI is InChI=1S/C15H13BrClF2N/c1-2-20-15(9-3-5-11(16)12(17)7-9)10-4-6-13(18)14(19)8-10/h3-8,15,20H,2H2,1H3. The lowest BCUT2D eigenvalue weighted by atomic mass is 9.98. The van der Waals surface area contributed by atoms with Gasteiger partial charge in [0, 0.05) is 4.47 Å². The maximum atomic E-state index is 13.4. The van der Waals surface area contributed by atoms with Crippen molar-refractivity contribution in [2.45, 2.75) is 13.0 Å². The molecule has 1 unspecified atom stereocenters. The third-order valence-electron chi connectivity index (χ3n) is 2.96. The normalized spacial score (nSPS) is 12.4. The molecule has 0 radical (unpaired) electrons. The topological polar surface area (TPSA) is 12.0 Å². The average Bonchev–Trinajstić information content (AvgIpc) is 2.43. The lowest BCUT2D eigenvalue weighted by Gasteiger charge is -2.19. The van der Waals surface area contributed by atoms with E-state index in [1.165, 1.54) is 6.07 Å². The van der Waals surface area contributed by atoms with E-state index in [-0.39, 0.29) is 6.04 Å². The maximum absolute atomic E-state index is 13.4. The second-order valence-corrected chi connectivity index (χ2v) is 5.60. The van der Waals surface area contributed by atoms with E-state index >= 15 is 0 Å². The monoisotopic (exact) mass is 359 g/mol. The molecule has 0 aromatic heterocycles. The third kappa shape index (κ3) is 3.37. The lowest BCUT2D eigenvalue weighted by Crippen LogP contribution is -2.22. The van der Waals surface area contributed by atoms with Gasteiger partial charge in [0.15, 0.2) is 11.6 Å². The molecule has 1 N–H and O–H groups in total. The number of rotatable bonds is 4. The van der Waals surface area contributed by atoms with Crippen LogP contribution in [0.1, 0.15) is 24.1 Å². The van der Waals surface area contributed by atoms with Crippen LogP contribution in [0.15, 0.2) is 40.9 Å². The smallest absolute Gasteiger partial charge is 0.159 e. The highest BCUT2D eigenvalue weighted by Gasteiger charge is 2.16. The van der Waals surface area contributed by atoms with E-state index in [0.29, 0.717) is 17.1 Å². The molecule has 2 aromatic rings. The highest BCUT2D eigenvalue weighted by Crippen LogP contribution is 2.29. The van der Waals surface area contributed by atoms with E-state index in [2.05, 4.69) is 21.2 Å². The zero-order valence-corrected chi connectivity index (χ0v) is 13.1. The molecular weight excluding hydrogens is 348 g/mol. The first-order valence-corrected chi connectivity index (χ1v) is 7.33. The fourth-order valence-electron chi connectivity index (χ4n) is 2.02. The second-order valence-electron chi connectivity index (χ2n) is 4.34. The number of hydrogen-bond donors (Lipinski definition) is 1. The summed E-state index contributed by atoms with van der Waals surface area (Å²) in [6, 6.07) is 9.21. The minimum absolute atomic E-state index is 0.235. The van der Waals surface area contributed by atoms with Crippen molar-refractivity contribution < 1.29 is 8.78 Å². The molecule has 0 aliphatic rings. The van der Waals surface area contributed by atoms with Crippen LogP contribution in [0.5, 0.6) is 0 Å². The van der Waals surface area contributed by atoms with E-state index in [1.807, 2.05) is 19.1 Å². The van der Waals surface area contributed by atoms with Crippen molar-refractivity contribution >= 4 is 27.5 Å². The molecule has 2 aromatic carbocycles. The van der Waals surface area contributed by atoms with Crippen molar-refractivity contribution in [3.63, 3.8) is 0 Å². The van der Waals surface area contributed by atoms with E-state index in [0.717, 1.165) is 16.1 Å². The van der Waals surface area contributed by atoms with Crippen molar-refractivity contribution in [1.29, 1.82) is 0 Å². The Morgan fingerprint density at radius 3 is 2.35 bits per heavy atom. The minimum atomic E-state index is -0.853. The van der Waals surface area contributed by atoms with Gasteiger partial charge in [-0.15, -0.1) is 0 Å². The van der Waals surface area contributed by atoms with Crippen LogP contribution >= 0.6 is 27.5 Å². The van der Waals surface area contributed by atoms with Crippen LogP contribution < -0.4 is 5.32 Å². The first-order chi connectivity index (χ1) is 9.52. The fourth-order valence-corrected chi connectivity index (χ4v) is 2.45. The molecule has 20 heavy (non-hydrogen) atoms. The molecule has 0 saturated carbocycles. The number of hydrogen-bond acceptors (Lipinski definition) is 1. The quantitative estimate of drug-likeness (QED) is 0.802. The van der Waals surface area contributed by atoms with Gasteiger partial charge in [-0.05, 0) is 57.9 Å². The summed E-state index contributed by atoms with van der Waals surface area (Å²) in [5.74, 6) is -1.70. The Kier molecular flexibility index (Phi) is 5.13. The number of nitrogens with one attached hydrogen (secondary N) is 1. The first-order valence-electron chi connectivity index (χ1n) is 6.16. The summed E-state index contributed by atoms with van der Waals surface area (Å²) in [6.45, 7) is 2.64. The van der Waals surface area contributed by atoms with Gasteiger partial charge in [-0.25, -0.2) is 8.78 Å². The summed E-state index contributed by atoms with van der Waals surface area (Å²) in [5.41, 5.74) is 1.55. The largest absolute Gasteiger partial charge is 0.307 e. The van der Waals surface area contributed by atoms with Gasteiger partial charge < -0.3 is 5.32 Å². The molecule has 0 spiro atoms. The van der Waals surface area contributed by atoms with Crippen LogP contribution in [-0.2, 0) is 0 Å². The summed E-state index contributed by atoms with van der Waals surface area (Å²) in [5, 5.41) is 3.82. The molecular formula is C15H13BrClF2N. The van der Waals surface area contributed by atoms with Crippen molar-refractivity contribution in [1.82, 2.24) is 5.32 Å². The summed E-state index contributed by atoms with van der Waals surface area (Å²) in [4.78, 5) is 0. The van der Waals surface area contributed by atoms with Gasteiger partial charge in [0.2, 0.25) is 0 Å². The highest BCUT2D eigenvalue weighted by molar-refractivity contribution is 9.10. The molecule has 0 heterocycles. The molecule has 1 atom stereocenters. The highest BCUT2D eigenvalue weighted by atomic mass is 79.9. The van der Waals surface area contributed by atoms with E-state index < -0.39 is 11.6 Å². The van der Waals surface area contributed by atoms with Gasteiger partial charge in [0.1, 0.15) is 0 Å². The van der Waals surface area contributed by atoms with Crippen LogP contribution in [0.25, 0.3) is 0 Å². The van der Waals surface area contributed by atoms with Crippen LogP contribution in [-0.4, -0.2) is 6.54 Å². The van der Waals surface area contributed by atoms with E-state index in [4.69, 9.17) is 11.6 Å². The average molecular weight is 361 g/mol. The van der Waals surface area contributed by atoms with Crippen molar-refractivity contribution in [3.8, 4) is 0 Å². The molecule has 0 amide bonds. The summed E-state index contributed by atoms with van der Waals surface area (Å²) >= 11 is 9.43. The predicted octanol–water partition coefficient (Wildman–Crippen LogP) is 5.08. The van der Waals surface area contributed by atoms with Crippen LogP contribution in [0.4, 0.5) is 8.78 Å². The molecule has 2 rings (SSSR count). The summed E-state index contributed by atoms with van der Waals surface area (Å²) in [7, 11) is 0. The molecule has 106 valence electrons. The van der Waals surface area contributed by atoms with Gasteiger partial charge >= 0.3 is 0 Å². The molecule has 0 saturated heterocycles. The van der Waals surface area contributed by atoms with Crippen molar-refractivity contribution in [2.24, 2.45) is 0 Å². The molecule has 5 heteroatoms. The lowest BCUT2D eigenvalue weighted by molar-refractivity contribution is 0.504. The number of halogens is 4.